The van der Waals surface area contributed by atoms with Gasteiger partial charge in [0.1, 0.15) is 48.8 Å². The van der Waals surface area contributed by atoms with Crippen molar-refractivity contribution in [3.05, 3.63) is 0 Å². The van der Waals surface area contributed by atoms with Crippen molar-refractivity contribution in [2.75, 3.05) is 19.8 Å². The number of ether oxygens (including phenoxy) is 6. The first-order valence-electron chi connectivity index (χ1n) is 20.3. The maximum atomic E-state index is 11.1. The topological polar surface area (TPSA) is 197 Å². The van der Waals surface area contributed by atoms with Gasteiger partial charge in [0.25, 0.3) is 0 Å². The summed E-state index contributed by atoms with van der Waals surface area (Å²) in [5.74, 6) is 3.51. The fourth-order valence-corrected chi connectivity index (χ4v) is 13.2. The van der Waals surface area contributed by atoms with E-state index in [1.54, 1.807) is 0 Å². The van der Waals surface area contributed by atoms with Crippen LogP contribution in [0.15, 0.2) is 0 Å². The minimum atomic E-state index is -1.71. The zero-order valence-electron chi connectivity index (χ0n) is 31.2. The van der Waals surface area contributed by atoms with E-state index in [2.05, 4.69) is 27.7 Å². The van der Waals surface area contributed by atoms with Gasteiger partial charge in [-0.3, -0.25) is 0 Å². The first-order chi connectivity index (χ1) is 24.7. The molecule has 1 spiro atoms. The maximum Gasteiger partial charge on any atom is 0.187 e. The first kappa shape index (κ1) is 38.4. The Hall–Kier alpha value is -0.520. The van der Waals surface area contributed by atoms with E-state index < -0.39 is 80.4 Å². The summed E-state index contributed by atoms with van der Waals surface area (Å²) in [7, 11) is 0. The molecule has 4 saturated heterocycles. The quantitative estimate of drug-likeness (QED) is 0.194. The van der Waals surface area contributed by atoms with E-state index in [-0.39, 0.29) is 23.0 Å². The number of fused-ring (bicyclic) bond motifs is 7. The molecule has 7 N–H and O–H groups in total. The smallest absolute Gasteiger partial charge is 0.187 e. The highest BCUT2D eigenvalue weighted by Crippen LogP contribution is 2.71. The Kier molecular flexibility index (Phi) is 10.4. The predicted molar refractivity (Wildman–Crippen MR) is 183 cm³/mol. The summed E-state index contributed by atoms with van der Waals surface area (Å²) in [6, 6.07) is 0. The van der Waals surface area contributed by atoms with Gasteiger partial charge in [-0.2, -0.15) is 0 Å². The summed E-state index contributed by atoms with van der Waals surface area (Å²) >= 11 is 0. The third kappa shape index (κ3) is 5.98. The molecule has 3 unspecified atom stereocenters. The summed E-state index contributed by atoms with van der Waals surface area (Å²) in [5, 5.41) is 72.7. The van der Waals surface area contributed by atoms with Gasteiger partial charge in [-0.15, -0.1) is 0 Å². The SMILES string of the molecule is CC1C2C(C[C@H]3[C@H]4CC[C@@H]5C[C@@H](O[C@@H]6O[C@H](CO)[C@H](O)[C@H](O)[C@H]6O[C@@H]6O[C@H](CO)[C@@H](O)[C@H](O)[C@H]6O)CC[C@]5(C)[C@H]4CC[C@]23C)O[C@]12CC[C@H](C)CO2. The monoisotopic (exact) mass is 740 g/mol. The molecular formula is C39H64O13. The Morgan fingerprint density at radius 3 is 2.06 bits per heavy atom. The Labute approximate surface area is 307 Å². The molecule has 0 amide bonds. The zero-order valence-corrected chi connectivity index (χ0v) is 31.2. The molecule has 4 aliphatic carbocycles. The molecule has 13 nitrogen and oxygen atoms in total. The molecule has 4 heterocycles. The van der Waals surface area contributed by atoms with Crippen LogP contribution >= 0.6 is 0 Å². The molecule has 0 aromatic heterocycles. The Bertz CT molecular complexity index is 1260. The van der Waals surface area contributed by atoms with Crippen LogP contribution in [0.3, 0.4) is 0 Å². The van der Waals surface area contributed by atoms with Gasteiger partial charge in [0.15, 0.2) is 18.4 Å². The summed E-state index contributed by atoms with van der Waals surface area (Å²) in [4.78, 5) is 0. The molecule has 8 aliphatic rings. The van der Waals surface area contributed by atoms with Crippen LogP contribution in [0, 0.1) is 52.3 Å². The van der Waals surface area contributed by atoms with Crippen LogP contribution in [0.5, 0.6) is 0 Å². The summed E-state index contributed by atoms with van der Waals surface area (Å²) < 4.78 is 37.5. The molecule has 0 radical (unpaired) electrons. The predicted octanol–water partition coefficient (Wildman–Crippen LogP) is 1.44. The highest BCUT2D eigenvalue weighted by atomic mass is 16.8. The van der Waals surface area contributed by atoms with Crippen LogP contribution in [0.4, 0.5) is 0 Å². The van der Waals surface area contributed by atoms with Gasteiger partial charge in [-0.25, -0.2) is 0 Å². The normalized spacial score (nSPS) is 59.0. The standard InChI is InChI=1S/C39H64O13/c1-18-7-12-39(47-17-18)19(2)28-25(52-39)14-24-22-6-5-20-13-21(8-10-37(20,3)23(22)9-11-38(24,28)4)48-36-34(32(45)30(43)27(16-41)50-36)51-35-33(46)31(44)29(42)26(15-40)49-35/h18-36,40-46H,5-17H2,1-4H3/t18-,19?,20+,21-,22-,23-,24-,25?,26+,27+,28?,29+,30-,31-,32-,33+,34+,35-,36+,37-,38-,39+/m0/s1. The van der Waals surface area contributed by atoms with E-state index in [0.717, 1.165) is 45.1 Å². The van der Waals surface area contributed by atoms with Gasteiger partial charge < -0.3 is 64.2 Å². The van der Waals surface area contributed by atoms with E-state index in [4.69, 9.17) is 28.4 Å². The van der Waals surface area contributed by atoms with Crippen molar-refractivity contribution < 1.29 is 64.2 Å². The first-order valence-corrected chi connectivity index (χ1v) is 20.3. The van der Waals surface area contributed by atoms with Crippen LogP contribution in [0.25, 0.3) is 0 Å². The molecule has 52 heavy (non-hydrogen) atoms. The van der Waals surface area contributed by atoms with E-state index in [1.165, 1.54) is 25.7 Å². The molecule has 8 fully saturated rings. The second-order valence-corrected chi connectivity index (χ2v) is 18.7. The second-order valence-electron chi connectivity index (χ2n) is 18.7. The van der Waals surface area contributed by atoms with Crippen molar-refractivity contribution in [1.29, 1.82) is 0 Å². The lowest BCUT2D eigenvalue weighted by molar-refractivity contribution is -0.373. The molecule has 8 rings (SSSR count). The number of aliphatic hydroxyl groups is 7. The summed E-state index contributed by atoms with van der Waals surface area (Å²) in [6.07, 6.45) is -3.88. The lowest BCUT2D eigenvalue weighted by Gasteiger charge is -2.61. The van der Waals surface area contributed by atoms with Gasteiger partial charge in [0.05, 0.1) is 32.0 Å². The maximum absolute atomic E-state index is 11.1. The Morgan fingerprint density at radius 1 is 0.673 bits per heavy atom. The van der Waals surface area contributed by atoms with Crippen LogP contribution in [0.1, 0.15) is 91.9 Å². The van der Waals surface area contributed by atoms with Crippen LogP contribution in [-0.2, 0) is 28.4 Å². The van der Waals surface area contributed by atoms with Crippen molar-refractivity contribution >= 4 is 0 Å². The molecule has 22 atom stereocenters. The second kappa shape index (κ2) is 14.1. The third-order valence-corrected chi connectivity index (χ3v) is 16.2. The molecular weight excluding hydrogens is 676 g/mol. The highest BCUT2D eigenvalue weighted by molar-refractivity contribution is 5.15. The zero-order chi connectivity index (χ0) is 36.9. The van der Waals surface area contributed by atoms with Crippen molar-refractivity contribution in [3.63, 3.8) is 0 Å². The molecule has 0 aromatic carbocycles. The van der Waals surface area contributed by atoms with Crippen molar-refractivity contribution in [3.8, 4) is 0 Å². The molecule has 4 saturated carbocycles. The van der Waals surface area contributed by atoms with Gasteiger partial charge in [-0.1, -0.05) is 27.7 Å². The van der Waals surface area contributed by atoms with E-state index in [0.29, 0.717) is 41.4 Å². The van der Waals surface area contributed by atoms with E-state index in [9.17, 15) is 35.7 Å². The van der Waals surface area contributed by atoms with Gasteiger partial charge in [-0.05, 0) is 104 Å². The molecule has 13 heteroatoms. The molecule has 298 valence electrons. The number of hydrogen-bond donors (Lipinski definition) is 7. The summed E-state index contributed by atoms with van der Waals surface area (Å²) in [6.45, 7) is 9.33. The van der Waals surface area contributed by atoms with Gasteiger partial charge in [0.2, 0.25) is 0 Å². The van der Waals surface area contributed by atoms with Crippen molar-refractivity contribution in [2.45, 2.75) is 171 Å². The van der Waals surface area contributed by atoms with Gasteiger partial charge in [0, 0.05) is 12.3 Å². The number of rotatable bonds is 6. The number of hydrogen-bond acceptors (Lipinski definition) is 13. The fourth-order valence-electron chi connectivity index (χ4n) is 13.2. The Morgan fingerprint density at radius 2 is 1.37 bits per heavy atom. The van der Waals surface area contributed by atoms with E-state index >= 15 is 0 Å². The highest BCUT2D eigenvalue weighted by Gasteiger charge is 2.69. The molecule has 0 aromatic rings. The largest absolute Gasteiger partial charge is 0.394 e. The van der Waals surface area contributed by atoms with Crippen LogP contribution in [-0.4, -0.2) is 135 Å². The van der Waals surface area contributed by atoms with Gasteiger partial charge >= 0.3 is 0 Å². The minimum absolute atomic E-state index is 0.168. The average Bonchev–Trinajstić information content (AvgIpc) is 3.58. The molecule has 0 bridgehead atoms. The lowest BCUT2D eigenvalue weighted by Crippen LogP contribution is -2.65. The fraction of sp³-hybridized carbons (Fsp3) is 1.00. The van der Waals surface area contributed by atoms with Crippen molar-refractivity contribution in [2.24, 2.45) is 52.3 Å². The lowest BCUT2D eigenvalue weighted by atomic mass is 9.44. The average molecular weight is 741 g/mol. The minimum Gasteiger partial charge on any atom is -0.394 e. The van der Waals surface area contributed by atoms with Crippen LogP contribution < -0.4 is 0 Å². The van der Waals surface area contributed by atoms with Crippen LogP contribution in [0.2, 0.25) is 0 Å². The number of aliphatic hydroxyl groups excluding tert-OH is 7. The molecule has 4 aliphatic heterocycles. The van der Waals surface area contributed by atoms with E-state index in [1.807, 2.05) is 0 Å². The summed E-state index contributed by atoms with van der Waals surface area (Å²) in [5.41, 5.74) is 0.425. The third-order valence-electron chi connectivity index (χ3n) is 16.2. The Balaban J connectivity index is 0.942. The van der Waals surface area contributed by atoms with Crippen molar-refractivity contribution in [1.82, 2.24) is 0 Å².